The van der Waals surface area contributed by atoms with Crippen molar-refractivity contribution < 1.29 is 22.9 Å². The van der Waals surface area contributed by atoms with Crippen molar-refractivity contribution in [3.05, 3.63) is 46.4 Å². The Hall–Kier alpha value is -2.39. The van der Waals surface area contributed by atoms with Crippen molar-refractivity contribution in [3.8, 4) is 5.69 Å². The van der Waals surface area contributed by atoms with Gasteiger partial charge in [0.1, 0.15) is 10.1 Å². The van der Waals surface area contributed by atoms with Crippen LogP contribution >= 0.6 is 0 Å². The SMILES string of the molecule is O=C([O-])c1cc(=O)n(-c2ccc(S(=O)(=O)[O-])cc2)[nH]1. The normalized spacial score (nSPS) is 11.4. The minimum Gasteiger partial charge on any atom is -0.744 e. The number of nitrogens with zero attached hydrogens (tertiary/aromatic N) is 1. The summed E-state index contributed by atoms with van der Waals surface area (Å²) in [6, 6.07) is 5.25. The van der Waals surface area contributed by atoms with Crippen LogP contribution in [0.4, 0.5) is 0 Å². The summed E-state index contributed by atoms with van der Waals surface area (Å²) in [7, 11) is -4.57. The Labute approximate surface area is 106 Å². The molecule has 2 rings (SSSR count). The van der Waals surface area contributed by atoms with Crippen LogP contribution in [-0.4, -0.2) is 28.7 Å². The fourth-order valence-electron chi connectivity index (χ4n) is 1.45. The molecule has 1 aromatic heterocycles. The van der Waals surface area contributed by atoms with E-state index < -0.39 is 32.2 Å². The summed E-state index contributed by atoms with van der Waals surface area (Å²) in [6.07, 6.45) is 0. The molecule has 2 aromatic rings. The summed E-state index contributed by atoms with van der Waals surface area (Å²) in [5.41, 5.74) is -0.882. The highest BCUT2D eigenvalue weighted by atomic mass is 32.2. The average molecular weight is 282 g/mol. The number of carboxylic acid groups (broad SMARTS) is 1. The standard InChI is InChI=1S/C10H8N2O6S/c13-9-5-8(10(14)15)11-12(9)6-1-3-7(4-2-6)19(16,17)18/h1-5,11H,(H,14,15)(H,16,17,18)/p-2. The third-order valence-electron chi connectivity index (χ3n) is 2.32. The van der Waals surface area contributed by atoms with Crippen LogP contribution in [0.1, 0.15) is 10.5 Å². The van der Waals surface area contributed by atoms with Crippen molar-refractivity contribution in [1.82, 2.24) is 9.78 Å². The van der Waals surface area contributed by atoms with Gasteiger partial charge in [-0.1, -0.05) is 0 Å². The summed E-state index contributed by atoms with van der Waals surface area (Å²) >= 11 is 0. The van der Waals surface area contributed by atoms with E-state index in [2.05, 4.69) is 5.10 Å². The minimum atomic E-state index is -4.57. The molecule has 1 N–H and O–H groups in total. The third-order valence-corrected chi connectivity index (χ3v) is 3.17. The highest BCUT2D eigenvalue weighted by Crippen LogP contribution is 2.11. The minimum absolute atomic E-state index is 0.185. The third kappa shape index (κ3) is 2.56. The second kappa shape index (κ2) is 4.37. The van der Waals surface area contributed by atoms with Crippen molar-refractivity contribution in [3.63, 3.8) is 0 Å². The molecule has 1 heterocycles. The van der Waals surface area contributed by atoms with E-state index in [1.54, 1.807) is 0 Å². The molecule has 0 spiro atoms. The van der Waals surface area contributed by atoms with Gasteiger partial charge in [-0.2, -0.15) is 0 Å². The Bertz CT molecular complexity index is 784. The predicted octanol–water partition coefficient (Wildman–Crippen LogP) is -1.57. The number of aromatic nitrogens is 2. The van der Waals surface area contributed by atoms with Gasteiger partial charge in [-0.3, -0.25) is 9.89 Å². The zero-order chi connectivity index (χ0) is 14.2. The number of carboxylic acids is 1. The molecule has 0 aliphatic rings. The molecule has 0 aliphatic carbocycles. The number of hydrogen-bond acceptors (Lipinski definition) is 6. The number of hydrogen-bond donors (Lipinski definition) is 1. The molecule has 0 atom stereocenters. The number of carbonyl (C=O) groups excluding carboxylic acids is 1. The molecule has 0 bridgehead atoms. The van der Waals surface area contributed by atoms with E-state index in [0.717, 1.165) is 22.9 Å². The van der Waals surface area contributed by atoms with E-state index in [-0.39, 0.29) is 5.69 Å². The molecular weight excluding hydrogens is 276 g/mol. The lowest BCUT2D eigenvalue weighted by atomic mass is 10.3. The molecule has 1 aromatic carbocycles. The molecule has 100 valence electrons. The van der Waals surface area contributed by atoms with E-state index in [4.69, 9.17) is 0 Å². The first-order chi connectivity index (χ1) is 8.79. The maximum absolute atomic E-state index is 11.5. The first-order valence-corrected chi connectivity index (χ1v) is 6.29. The molecule has 9 heteroatoms. The number of H-pyrrole nitrogens is 1. The van der Waals surface area contributed by atoms with Crippen LogP contribution in [0.3, 0.4) is 0 Å². The first-order valence-electron chi connectivity index (χ1n) is 4.89. The van der Waals surface area contributed by atoms with E-state index in [9.17, 15) is 27.7 Å². The lowest BCUT2D eigenvalue weighted by Gasteiger charge is -2.08. The van der Waals surface area contributed by atoms with Gasteiger partial charge in [0.15, 0.2) is 0 Å². The summed E-state index contributed by atoms with van der Waals surface area (Å²) in [5, 5.41) is 12.8. The van der Waals surface area contributed by atoms with Gasteiger partial charge >= 0.3 is 0 Å². The average Bonchev–Trinajstić information content (AvgIpc) is 2.70. The van der Waals surface area contributed by atoms with E-state index in [1.165, 1.54) is 12.1 Å². The maximum Gasteiger partial charge on any atom is 0.271 e. The molecule has 0 unspecified atom stereocenters. The summed E-state index contributed by atoms with van der Waals surface area (Å²) in [5.74, 6) is -1.55. The molecule has 0 saturated carbocycles. The summed E-state index contributed by atoms with van der Waals surface area (Å²) < 4.78 is 33.1. The van der Waals surface area contributed by atoms with Crippen molar-refractivity contribution in [2.24, 2.45) is 0 Å². The molecule has 0 radical (unpaired) electrons. The van der Waals surface area contributed by atoms with Crippen LogP contribution < -0.4 is 10.7 Å². The van der Waals surface area contributed by atoms with Gasteiger partial charge in [0.2, 0.25) is 0 Å². The topological polar surface area (TPSA) is 135 Å². The van der Waals surface area contributed by atoms with E-state index in [1.807, 2.05) is 0 Å². The number of aromatic amines is 1. The summed E-state index contributed by atoms with van der Waals surface area (Å²) in [4.78, 5) is 21.6. The van der Waals surface area contributed by atoms with Crippen LogP contribution in [0, 0.1) is 0 Å². The van der Waals surface area contributed by atoms with Gasteiger partial charge in [0.05, 0.1) is 22.2 Å². The van der Waals surface area contributed by atoms with Gasteiger partial charge in [-0.15, -0.1) is 0 Å². The quantitative estimate of drug-likeness (QED) is 0.676. The molecule has 0 amide bonds. The van der Waals surface area contributed by atoms with Crippen molar-refractivity contribution in [1.29, 1.82) is 0 Å². The Morgan fingerprint density at radius 2 is 1.79 bits per heavy atom. The lowest BCUT2D eigenvalue weighted by molar-refractivity contribution is -0.255. The van der Waals surface area contributed by atoms with Gasteiger partial charge in [0.25, 0.3) is 5.56 Å². The van der Waals surface area contributed by atoms with E-state index >= 15 is 0 Å². The lowest BCUT2D eigenvalue weighted by Crippen LogP contribution is -2.22. The molecular formula is C10H6N2O6S-2. The van der Waals surface area contributed by atoms with Crippen LogP contribution in [-0.2, 0) is 10.1 Å². The van der Waals surface area contributed by atoms with Crippen LogP contribution in [0.15, 0.2) is 40.0 Å². The highest BCUT2D eigenvalue weighted by Gasteiger charge is 2.07. The van der Waals surface area contributed by atoms with Gasteiger partial charge < -0.3 is 14.5 Å². The Balaban J connectivity index is 2.49. The largest absolute Gasteiger partial charge is 0.744 e. The zero-order valence-electron chi connectivity index (χ0n) is 9.19. The van der Waals surface area contributed by atoms with Gasteiger partial charge in [-0.05, 0) is 24.3 Å². The maximum atomic E-state index is 11.5. The Kier molecular flexibility index (Phi) is 3.00. The molecule has 0 fully saturated rings. The predicted molar refractivity (Wildman–Crippen MR) is 58.7 cm³/mol. The monoisotopic (exact) mass is 282 g/mol. The Morgan fingerprint density at radius 1 is 1.21 bits per heavy atom. The zero-order valence-corrected chi connectivity index (χ0v) is 10.0. The number of nitrogens with one attached hydrogen (secondary N) is 1. The fraction of sp³-hybridized carbons (Fsp3) is 0. The van der Waals surface area contributed by atoms with Crippen molar-refractivity contribution in [2.75, 3.05) is 0 Å². The molecule has 19 heavy (non-hydrogen) atoms. The molecule has 8 nitrogen and oxygen atoms in total. The highest BCUT2D eigenvalue weighted by molar-refractivity contribution is 7.85. The van der Waals surface area contributed by atoms with Gasteiger partial charge in [0, 0.05) is 6.07 Å². The fourth-order valence-corrected chi connectivity index (χ4v) is 1.92. The number of carbonyl (C=O) groups is 1. The summed E-state index contributed by atoms with van der Waals surface area (Å²) in [6.45, 7) is 0. The smallest absolute Gasteiger partial charge is 0.271 e. The second-order valence-corrected chi connectivity index (χ2v) is 4.96. The van der Waals surface area contributed by atoms with E-state index in [0.29, 0.717) is 0 Å². The Morgan fingerprint density at radius 3 is 2.21 bits per heavy atom. The van der Waals surface area contributed by atoms with Crippen LogP contribution in [0.2, 0.25) is 0 Å². The number of benzene rings is 1. The van der Waals surface area contributed by atoms with Gasteiger partial charge in [-0.25, -0.2) is 13.1 Å². The molecule has 0 saturated heterocycles. The van der Waals surface area contributed by atoms with Crippen molar-refractivity contribution in [2.45, 2.75) is 4.90 Å². The van der Waals surface area contributed by atoms with Crippen LogP contribution in [0.25, 0.3) is 5.69 Å². The second-order valence-electron chi connectivity index (χ2n) is 3.58. The van der Waals surface area contributed by atoms with Crippen molar-refractivity contribution >= 4 is 16.1 Å². The molecule has 0 aliphatic heterocycles. The van der Waals surface area contributed by atoms with Crippen LogP contribution in [0.5, 0.6) is 0 Å². The first kappa shape index (κ1) is 13.1. The number of aromatic carboxylic acids is 1. The number of rotatable bonds is 3.